The topological polar surface area (TPSA) is 82.0 Å². The molecule has 0 amide bonds. The molecule has 0 bridgehead atoms. The van der Waals surface area contributed by atoms with Crippen molar-refractivity contribution in [1.82, 2.24) is 19.7 Å². The largest absolute Gasteiger partial charge is 0.497 e. The summed E-state index contributed by atoms with van der Waals surface area (Å²) in [6.45, 7) is 2.98. The summed E-state index contributed by atoms with van der Waals surface area (Å²) in [5, 5.41) is 9.60. The molecule has 4 aromatic rings. The number of hydrogen-bond acceptors (Lipinski definition) is 6. The highest BCUT2D eigenvalue weighted by Gasteiger charge is 2.13. The standard InChI is InChI=1S/C22H21FN4O3S/c1-3-27-21(12-30-17-7-5-16(29-2)6-8-17)25-26-22(27)31-13-15-11-20(28)18-10-14(23)4-9-19(18)24-15/h4-11H,3,12-13H2,1-2H3,(H,24,28). The van der Waals surface area contributed by atoms with E-state index in [1.165, 1.54) is 30.0 Å². The predicted octanol–water partition coefficient (Wildman–Crippen LogP) is 4.16. The lowest BCUT2D eigenvalue weighted by atomic mass is 10.2. The molecule has 0 saturated heterocycles. The Kier molecular flexibility index (Phi) is 6.22. The van der Waals surface area contributed by atoms with Crippen molar-refractivity contribution < 1.29 is 13.9 Å². The van der Waals surface area contributed by atoms with E-state index in [1.54, 1.807) is 13.2 Å². The molecule has 0 unspecified atom stereocenters. The smallest absolute Gasteiger partial charge is 0.191 e. The van der Waals surface area contributed by atoms with Crippen molar-refractivity contribution in [3.05, 3.63) is 76.1 Å². The number of hydrogen-bond donors (Lipinski definition) is 1. The van der Waals surface area contributed by atoms with Gasteiger partial charge in [-0.1, -0.05) is 11.8 Å². The van der Waals surface area contributed by atoms with Gasteiger partial charge in [0, 0.05) is 35.0 Å². The maximum Gasteiger partial charge on any atom is 0.191 e. The van der Waals surface area contributed by atoms with E-state index in [0.29, 0.717) is 34.8 Å². The zero-order valence-corrected chi connectivity index (χ0v) is 17.9. The summed E-state index contributed by atoms with van der Waals surface area (Å²) in [6.07, 6.45) is 0. The van der Waals surface area contributed by atoms with Crippen LogP contribution in [0.1, 0.15) is 18.4 Å². The van der Waals surface area contributed by atoms with E-state index in [2.05, 4.69) is 15.2 Å². The van der Waals surface area contributed by atoms with Gasteiger partial charge in [-0.15, -0.1) is 10.2 Å². The normalized spacial score (nSPS) is 11.1. The molecule has 0 aliphatic carbocycles. The number of methoxy groups -OCH3 is 1. The van der Waals surface area contributed by atoms with Gasteiger partial charge in [0.1, 0.15) is 23.9 Å². The first-order valence-corrected chi connectivity index (χ1v) is 10.7. The van der Waals surface area contributed by atoms with Crippen LogP contribution in [0.25, 0.3) is 10.9 Å². The molecule has 160 valence electrons. The third kappa shape index (κ3) is 4.72. The summed E-state index contributed by atoms with van der Waals surface area (Å²) in [4.78, 5) is 15.5. The zero-order chi connectivity index (χ0) is 21.8. The summed E-state index contributed by atoms with van der Waals surface area (Å²) in [6, 6.07) is 13.0. The summed E-state index contributed by atoms with van der Waals surface area (Å²) >= 11 is 1.47. The number of nitrogens with zero attached hydrogens (tertiary/aromatic N) is 3. The highest BCUT2D eigenvalue weighted by atomic mass is 32.2. The molecule has 0 aliphatic rings. The molecule has 0 saturated carbocycles. The average molecular weight is 441 g/mol. The van der Waals surface area contributed by atoms with Crippen molar-refractivity contribution in [2.75, 3.05) is 7.11 Å². The van der Waals surface area contributed by atoms with Crippen LogP contribution in [0.4, 0.5) is 4.39 Å². The average Bonchev–Trinajstić information content (AvgIpc) is 3.19. The number of aromatic amines is 1. The molecule has 9 heteroatoms. The number of thioether (sulfide) groups is 1. The Hall–Kier alpha value is -3.33. The van der Waals surface area contributed by atoms with Crippen molar-refractivity contribution in [1.29, 1.82) is 0 Å². The fraction of sp³-hybridized carbons (Fsp3) is 0.227. The van der Waals surface area contributed by atoms with Crippen molar-refractivity contribution in [3.63, 3.8) is 0 Å². The summed E-state index contributed by atoms with van der Waals surface area (Å²) in [5.41, 5.74) is 1.13. The predicted molar refractivity (Wildman–Crippen MR) is 117 cm³/mol. The summed E-state index contributed by atoms with van der Waals surface area (Å²) in [7, 11) is 1.62. The number of pyridine rings is 1. The minimum atomic E-state index is -0.430. The summed E-state index contributed by atoms with van der Waals surface area (Å²) in [5.74, 6) is 2.26. The first-order valence-electron chi connectivity index (χ1n) is 9.70. The van der Waals surface area contributed by atoms with Crippen LogP contribution in [-0.4, -0.2) is 26.9 Å². The number of H-pyrrole nitrogens is 1. The Balaban J connectivity index is 1.45. The van der Waals surface area contributed by atoms with Gasteiger partial charge >= 0.3 is 0 Å². The van der Waals surface area contributed by atoms with Gasteiger partial charge in [0.2, 0.25) is 0 Å². The van der Waals surface area contributed by atoms with Crippen LogP contribution in [0, 0.1) is 5.82 Å². The van der Waals surface area contributed by atoms with E-state index < -0.39 is 5.82 Å². The molecule has 2 heterocycles. The molecule has 0 aliphatic heterocycles. The monoisotopic (exact) mass is 440 g/mol. The van der Waals surface area contributed by atoms with Gasteiger partial charge in [0.05, 0.1) is 7.11 Å². The van der Waals surface area contributed by atoms with E-state index in [1.807, 2.05) is 35.8 Å². The number of ether oxygens (including phenoxy) is 2. The van der Waals surface area contributed by atoms with E-state index in [4.69, 9.17) is 9.47 Å². The molecule has 0 radical (unpaired) electrons. The van der Waals surface area contributed by atoms with E-state index in [9.17, 15) is 9.18 Å². The second-order valence-corrected chi connectivity index (χ2v) is 7.69. The van der Waals surface area contributed by atoms with Crippen LogP contribution in [0.2, 0.25) is 0 Å². The summed E-state index contributed by atoms with van der Waals surface area (Å²) < 4.78 is 26.3. The Morgan fingerprint density at radius 2 is 1.87 bits per heavy atom. The number of fused-ring (bicyclic) bond motifs is 1. The fourth-order valence-electron chi connectivity index (χ4n) is 3.16. The highest BCUT2D eigenvalue weighted by molar-refractivity contribution is 7.98. The Bertz CT molecular complexity index is 1250. The van der Waals surface area contributed by atoms with Gasteiger partial charge in [-0.3, -0.25) is 4.79 Å². The molecule has 7 nitrogen and oxygen atoms in total. The maximum atomic E-state index is 13.4. The second kappa shape index (κ2) is 9.22. The first-order chi connectivity index (χ1) is 15.1. The molecule has 2 aromatic carbocycles. The van der Waals surface area contributed by atoms with Gasteiger partial charge in [-0.2, -0.15) is 0 Å². The van der Waals surface area contributed by atoms with Gasteiger partial charge in [-0.25, -0.2) is 4.39 Å². The van der Waals surface area contributed by atoms with Crippen molar-refractivity contribution >= 4 is 22.7 Å². The lowest BCUT2D eigenvalue weighted by Crippen LogP contribution is -2.07. The van der Waals surface area contributed by atoms with Gasteiger partial charge < -0.3 is 19.0 Å². The minimum Gasteiger partial charge on any atom is -0.497 e. The minimum absolute atomic E-state index is 0.214. The molecular formula is C22H21FN4O3S. The number of halogens is 1. The Morgan fingerprint density at radius 3 is 2.61 bits per heavy atom. The molecule has 0 fully saturated rings. The quantitative estimate of drug-likeness (QED) is 0.415. The second-order valence-electron chi connectivity index (χ2n) is 6.74. The molecular weight excluding hydrogens is 419 g/mol. The maximum absolute atomic E-state index is 13.4. The number of benzene rings is 2. The number of nitrogens with one attached hydrogen (secondary N) is 1. The van der Waals surface area contributed by atoms with Gasteiger partial charge in [-0.05, 0) is 49.4 Å². The van der Waals surface area contributed by atoms with Crippen LogP contribution in [0.5, 0.6) is 11.5 Å². The number of rotatable bonds is 8. The highest BCUT2D eigenvalue weighted by Crippen LogP contribution is 2.23. The van der Waals surface area contributed by atoms with Crippen LogP contribution in [0.3, 0.4) is 0 Å². The van der Waals surface area contributed by atoms with Crippen molar-refractivity contribution in [3.8, 4) is 11.5 Å². The van der Waals surface area contributed by atoms with Crippen LogP contribution in [0.15, 0.2) is 58.5 Å². The first kappa shape index (κ1) is 20.9. The zero-order valence-electron chi connectivity index (χ0n) is 17.1. The Morgan fingerprint density at radius 1 is 1.10 bits per heavy atom. The van der Waals surface area contributed by atoms with E-state index in [0.717, 1.165) is 16.6 Å². The number of aromatic nitrogens is 4. The fourth-order valence-corrected chi connectivity index (χ4v) is 4.09. The van der Waals surface area contributed by atoms with Crippen LogP contribution in [-0.2, 0) is 18.9 Å². The van der Waals surface area contributed by atoms with Crippen LogP contribution >= 0.6 is 11.8 Å². The SMILES string of the molecule is CCn1c(COc2ccc(OC)cc2)nnc1SCc1cc(=O)c2cc(F)ccc2[nH]1. The van der Waals surface area contributed by atoms with Crippen molar-refractivity contribution in [2.24, 2.45) is 0 Å². The third-order valence-electron chi connectivity index (χ3n) is 4.74. The molecule has 0 spiro atoms. The molecule has 2 aromatic heterocycles. The van der Waals surface area contributed by atoms with Crippen molar-refractivity contribution in [2.45, 2.75) is 31.0 Å². The molecule has 4 rings (SSSR count). The van der Waals surface area contributed by atoms with Crippen LogP contribution < -0.4 is 14.9 Å². The molecule has 31 heavy (non-hydrogen) atoms. The molecule has 0 atom stereocenters. The molecule has 1 N–H and O–H groups in total. The third-order valence-corrected chi connectivity index (χ3v) is 5.76. The van der Waals surface area contributed by atoms with E-state index in [-0.39, 0.29) is 12.0 Å². The Labute approximate surface area is 182 Å². The van der Waals surface area contributed by atoms with Gasteiger partial charge in [0.15, 0.2) is 16.4 Å². The van der Waals surface area contributed by atoms with E-state index >= 15 is 0 Å². The van der Waals surface area contributed by atoms with Gasteiger partial charge in [0.25, 0.3) is 0 Å². The lowest BCUT2D eigenvalue weighted by molar-refractivity contribution is 0.287. The lowest BCUT2D eigenvalue weighted by Gasteiger charge is -2.09.